The van der Waals surface area contributed by atoms with Crippen molar-refractivity contribution in [2.24, 2.45) is 11.8 Å². The second kappa shape index (κ2) is 7.40. The average Bonchev–Trinajstić information content (AvgIpc) is 3.01. The smallest absolute Gasteiger partial charge is 0.310 e. The standard InChI is InChI=1S/C18H18N2O3S/c1-2-11-23-17(22)13-8-4-3-7-12(13)16(21)20-18-19-14-9-5-6-10-15(14)24-18/h2-6,9-10,12-13H,1,7-8,11H2,(H,19,20,21). The number of aromatic nitrogens is 1. The Labute approximate surface area is 144 Å². The topological polar surface area (TPSA) is 68.3 Å². The Morgan fingerprint density at radius 1 is 1.29 bits per heavy atom. The lowest BCUT2D eigenvalue weighted by atomic mass is 9.82. The lowest BCUT2D eigenvalue weighted by Crippen LogP contribution is -2.35. The van der Waals surface area contributed by atoms with Crippen molar-refractivity contribution in [1.29, 1.82) is 0 Å². The third kappa shape index (κ3) is 3.54. The SMILES string of the molecule is C=CCOC(=O)C1CC=CCC1C(=O)Nc1nc2ccccc2s1. The molecule has 1 heterocycles. The van der Waals surface area contributed by atoms with E-state index >= 15 is 0 Å². The van der Waals surface area contributed by atoms with E-state index in [0.29, 0.717) is 18.0 Å². The first-order chi connectivity index (χ1) is 11.7. The lowest BCUT2D eigenvalue weighted by Gasteiger charge is -2.25. The molecule has 3 rings (SSSR count). The number of carbonyl (C=O) groups excluding carboxylic acids is 2. The van der Waals surface area contributed by atoms with Gasteiger partial charge in [-0.25, -0.2) is 4.98 Å². The fraction of sp³-hybridized carbons (Fsp3) is 0.278. The van der Waals surface area contributed by atoms with E-state index in [9.17, 15) is 9.59 Å². The van der Waals surface area contributed by atoms with Crippen LogP contribution in [0.4, 0.5) is 5.13 Å². The fourth-order valence-corrected chi connectivity index (χ4v) is 3.61. The summed E-state index contributed by atoms with van der Waals surface area (Å²) < 4.78 is 6.14. The maximum Gasteiger partial charge on any atom is 0.310 e. The highest BCUT2D eigenvalue weighted by atomic mass is 32.1. The largest absolute Gasteiger partial charge is 0.461 e. The van der Waals surface area contributed by atoms with Crippen molar-refractivity contribution in [2.45, 2.75) is 12.8 Å². The molecule has 2 atom stereocenters. The van der Waals surface area contributed by atoms with E-state index in [-0.39, 0.29) is 18.5 Å². The van der Waals surface area contributed by atoms with Gasteiger partial charge in [-0.1, -0.05) is 48.3 Å². The number of esters is 1. The molecule has 2 aromatic rings. The molecule has 124 valence electrons. The van der Waals surface area contributed by atoms with Crippen LogP contribution in [0.1, 0.15) is 12.8 Å². The summed E-state index contributed by atoms with van der Waals surface area (Å²) in [7, 11) is 0. The summed E-state index contributed by atoms with van der Waals surface area (Å²) in [6.45, 7) is 3.69. The second-order valence-electron chi connectivity index (χ2n) is 5.55. The van der Waals surface area contributed by atoms with Gasteiger partial charge in [-0.05, 0) is 25.0 Å². The minimum Gasteiger partial charge on any atom is -0.461 e. The molecule has 0 aliphatic heterocycles. The fourth-order valence-electron chi connectivity index (χ4n) is 2.74. The first kappa shape index (κ1) is 16.4. The minimum atomic E-state index is -0.468. The number of thiazole rings is 1. The Hall–Kier alpha value is -2.47. The summed E-state index contributed by atoms with van der Waals surface area (Å²) in [6.07, 6.45) is 6.40. The van der Waals surface area contributed by atoms with Crippen molar-refractivity contribution in [2.75, 3.05) is 11.9 Å². The van der Waals surface area contributed by atoms with Crippen molar-refractivity contribution in [1.82, 2.24) is 4.98 Å². The Bertz CT molecular complexity index is 763. The van der Waals surface area contributed by atoms with Crippen LogP contribution in [0.25, 0.3) is 10.2 Å². The molecular formula is C18H18N2O3S. The van der Waals surface area contributed by atoms with E-state index in [1.807, 2.05) is 36.4 Å². The monoisotopic (exact) mass is 342 g/mol. The number of rotatable bonds is 5. The molecule has 0 spiro atoms. The Morgan fingerprint density at radius 3 is 2.79 bits per heavy atom. The first-order valence-corrected chi connectivity index (χ1v) is 8.59. The number of hydrogen-bond donors (Lipinski definition) is 1. The molecule has 1 amide bonds. The third-order valence-electron chi connectivity index (χ3n) is 3.94. The summed E-state index contributed by atoms with van der Waals surface area (Å²) in [5.41, 5.74) is 0.850. The molecule has 1 aliphatic carbocycles. The zero-order valence-electron chi connectivity index (χ0n) is 13.1. The summed E-state index contributed by atoms with van der Waals surface area (Å²) >= 11 is 1.42. The van der Waals surface area contributed by atoms with Crippen molar-refractivity contribution in [3.8, 4) is 0 Å². The van der Waals surface area contributed by atoms with Crippen LogP contribution < -0.4 is 5.32 Å². The Balaban J connectivity index is 1.72. The number of allylic oxidation sites excluding steroid dienone is 2. The van der Waals surface area contributed by atoms with E-state index in [4.69, 9.17) is 4.74 Å². The number of hydrogen-bond acceptors (Lipinski definition) is 5. The van der Waals surface area contributed by atoms with E-state index < -0.39 is 11.8 Å². The van der Waals surface area contributed by atoms with Gasteiger partial charge < -0.3 is 10.1 Å². The molecule has 5 nitrogen and oxygen atoms in total. The van der Waals surface area contributed by atoms with Crippen LogP contribution in [0, 0.1) is 11.8 Å². The highest BCUT2D eigenvalue weighted by Crippen LogP contribution is 2.30. The molecule has 6 heteroatoms. The number of nitrogens with one attached hydrogen (secondary N) is 1. The quantitative estimate of drug-likeness (QED) is 0.666. The van der Waals surface area contributed by atoms with Gasteiger partial charge in [0.15, 0.2) is 5.13 Å². The Kier molecular flexibility index (Phi) is 5.05. The highest BCUT2D eigenvalue weighted by Gasteiger charge is 2.35. The van der Waals surface area contributed by atoms with Crippen LogP contribution in [0.2, 0.25) is 0 Å². The van der Waals surface area contributed by atoms with Gasteiger partial charge in [0.1, 0.15) is 6.61 Å². The van der Waals surface area contributed by atoms with Crippen molar-refractivity contribution >= 4 is 38.6 Å². The van der Waals surface area contributed by atoms with Gasteiger partial charge in [0.05, 0.1) is 22.1 Å². The van der Waals surface area contributed by atoms with E-state index in [1.54, 1.807) is 0 Å². The van der Waals surface area contributed by atoms with Crippen LogP contribution in [0.15, 0.2) is 49.1 Å². The molecule has 2 unspecified atom stereocenters. The number of carbonyl (C=O) groups is 2. The number of anilines is 1. The molecule has 0 fully saturated rings. The summed E-state index contributed by atoms with van der Waals surface area (Å²) in [5.74, 6) is -1.47. The zero-order chi connectivity index (χ0) is 16.9. The van der Waals surface area contributed by atoms with Crippen LogP contribution in [0.5, 0.6) is 0 Å². The van der Waals surface area contributed by atoms with Crippen molar-refractivity contribution in [3.05, 3.63) is 49.1 Å². The number of amides is 1. The molecule has 24 heavy (non-hydrogen) atoms. The van der Waals surface area contributed by atoms with Gasteiger partial charge >= 0.3 is 5.97 Å². The van der Waals surface area contributed by atoms with Gasteiger partial charge in [-0.15, -0.1) is 0 Å². The normalized spacial score (nSPS) is 19.8. The van der Waals surface area contributed by atoms with Crippen LogP contribution >= 0.6 is 11.3 Å². The molecule has 1 aromatic carbocycles. The molecule has 0 bridgehead atoms. The van der Waals surface area contributed by atoms with E-state index in [2.05, 4.69) is 16.9 Å². The van der Waals surface area contributed by atoms with Gasteiger partial charge in [-0.2, -0.15) is 0 Å². The first-order valence-electron chi connectivity index (χ1n) is 7.78. The van der Waals surface area contributed by atoms with E-state index in [1.165, 1.54) is 17.4 Å². The number of para-hydroxylation sites is 1. The van der Waals surface area contributed by atoms with Crippen LogP contribution in [0.3, 0.4) is 0 Å². The summed E-state index contributed by atoms with van der Waals surface area (Å²) in [5, 5.41) is 3.40. The molecule has 1 aliphatic rings. The minimum absolute atomic E-state index is 0.158. The van der Waals surface area contributed by atoms with Crippen LogP contribution in [-0.4, -0.2) is 23.5 Å². The van der Waals surface area contributed by atoms with Crippen LogP contribution in [-0.2, 0) is 14.3 Å². The predicted octanol–water partition coefficient (Wildman–Crippen LogP) is 3.55. The average molecular weight is 342 g/mol. The summed E-state index contributed by atoms with van der Waals surface area (Å²) in [6, 6.07) is 7.71. The zero-order valence-corrected chi connectivity index (χ0v) is 13.9. The van der Waals surface area contributed by atoms with Gasteiger partial charge in [-0.3, -0.25) is 9.59 Å². The van der Waals surface area contributed by atoms with Gasteiger partial charge in [0.2, 0.25) is 5.91 Å². The van der Waals surface area contributed by atoms with E-state index in [0.717, 1.165) is 10.2 Å². The Morgan fingerprint density at radius 2 is 2.04 bits per heavy atom. The molecule has 0 saturated heterocycles. The van der Waals surface area contributed by atoms with Gasteiger partial charge in [0, 0.05) is 0 Å². The molecule has 1 N–H and O–H groups in total. The molecule has 0 radical (unpaired) electrons. The maximum atomic E-state index is 12.6. The molecule has 1 aromatic heterocycles. The second-order valence-corrected chi connectivity index (χ2v) is 6.58. The van der Waals surface area contributed by atoms with Crippen molar-refractivity contribution < 1.29 is 14.3 Å². The van der Waals surface area contributed by atoms with Gasteiger partial charge in [0.25, 0.3) is 0 Å². The number of fused-ring (bicyclic) bond motifs is 1. The lowest BCUT2D eigenvalue weighted by molar-refractivity contribution is -0.151. The number of benzene rings is 1. The van der Waals surface area contributed by atoms with Crippen molar-refractivity contribution in [3.63, 3.8) is 0 Å². The number of ether oxygens (including phenoxy) is 1. The number of nitrogens with zero attached hydrogens (tertiary/aromatic N) is 1. The predicted molar refractivity (Wildman–Crippen MR) is 94.8 cm³/mol. The highest BCUT2D eigenvalue weighted by molar-refractivity contribution is 7.22. The molecular weight excluding hydrogens is 324 g/mol. The summed E-state index contributed by atoms with van der Waals surface area (Å²) in [4.78, 5) is 29.2. The molecule has 0 saturated carbocycles. The third-order valence-corrected chi connectivity index (χ3v) is 4.89. The maximum absolute atomic E-state index is 12.6.